The average molecular weight is 322 g/mol. The number of hydrogen-bond acceptors (Lipinski definition) is 5. The fourth-order valence-corrected chi connectivity index (χ4v) is 2.79. The summed E-state index contributed by atoms with van der Waals surface area (Å²) in [5.74, 6) is 0.0605. The molecule has 0 bridgehead atoms. The Morgan fingerprint density at radius 2 is 1.92 bits per heavy atom. The van der Waals surface area contributed by atoms with E-state index in [2.05, 4.69) is 29.2 Å². The summed E-state index contributed by atoms with van der Waals surface area (Å²) in [5, 5.41) is 4.11. The van der Waals surface area contributed by atoms with Gasteiger partial charge in [0.05, 0.1) is 5.56 Å². The number of carbonyl (C=O) groups excluding carboxylic acids is 1. The van der Waals surface area contributed by atoms with Crippen LogP contribution in [0.15, 0.2) is 47.2 Å². The van der Waals surface area contributed by atoms with Crippen molar-refractivity contribution in [3.8, 4) is 11.3 Å². The van der Waals surface area contributed by atoms with Crippen LogP contribution in [-0.4, -0.2) is 16.1 Å². The second-order valence-electron chi connectivity index (χ2n) is 5.77. The molecule has 0 radical (unpaired) electrons. The number of pyridine rings is 1. The number of esters is 1. The molecule has 122 valence electrons. The second kappa shape index (κ2) is 6.66. The van der Waals surface area contributed by atoms with Crippen LogP contribution in [0, 0.1) is 20.8 Å². The first-order chi connectivity index (χ1) is 11.5. The summed E-state index contributed by atoms with van der Waals surface area (Å²) in [6.45, 7) is 6.19. The normalized spacial score (nSPS) is 10.6. The van der Waals surface area contributed by atoms with Crippen molar-refractivity contribution < 1.29 is 14.1 Å². The zero-order valence-electron chi connectivity index (χ0n) is 13.9. The van der Waals surface area contributed by atoms with Crippen molar-refractivity contribution >= 4 is 5.97 Å². The fourth-order valence-electron chi connectivity index (χ4n) is 2.79. The molecule has 0 fully saturated rings. The molecule has 3 rings (SSSR count). The van der Waals surface area contributed by atoms with Gasteiger partial charge in [-0.15, -0.1) is 0 Å². The first-order valence-corrected chi connectivity index (χ1v) is 7.65. The molecule has 0 aliphatic carbocycles. The van der Waals surface area contributed by atoms with E-state index < -0.39 is 5.97 Å². The molecule has 5 nitrogen and oxygen atoms in total. The van der Waals surface area contributed by atoms with Crippen LogP contribution in [0.4, 0.5) is 0 Å². The highest BCUT2D eigenvalue weighted by molar-refractivity contribution is 5.88. The highest BCUT2D eigenvalue weighted by atomic mass is 16.5. The number of aromatic nitrogens is 2. The Morgan fingerprint density at radius 1 is 1.17 bits per heavy atom. The minimum absolute atomic E-state index is 0.0324. The van der Waals surface area contributed by atoms with Crippen LogP contribution in [0.3, 0.4) is 0 Å². The van der Waals surface area contributed by atoms with E-state index in [0.29, 0.717) is 11.3 Å². The number of nitrogens with zero attached hydrogens (tertiary/aromatic N) is 2. The molecule has 24 heavy (non-hydrogen) atoms. The lowest BCUT2D eigenvalue weighted by molar-refractivity contribution is 0.0437. The van der Waals surface area contributed by atoms with Crippen molar-refractivity contribution in [1.82, 2.24) is 10.1 Å². The molecule has 0 unspecified atom stereocenters. The van der Waals surface area contributed by atoms with Gasteiger partial charge in [0.2, 0.25) is 0 Å². The van der Waals surface area contributed by atoms with Crippen molar-refractivity contribution in [3.63, 3.8) is 0 Å². The van der Waals surface area contributed by atoms with Gasteiger partial charge in [-0.25, -0.2) is 4.79 Å². The van der Waals surface area contributed by atoms with Crippen LogP contribution in [0.1, 0.15) is 32.8 Å². The minimum atomic E-state index is -0.441. The van der Waals surface area contributed by atoms with Crippen molar-refractivity contribution in [2.24, 2.45) is 0 Å². The van der Waals surface area contributed by atoms with Gasteiger partial charge in [0.1, 0.15) is 5.69 Å². The summed E-state index contributed by atoms with van der Waals surface area (Å²) < 4.78 is 10.5. The van der Waals surface area contributed by atoms with Crippen LogP contribution in [-0.2, 0) is 11.3 Å². The Bertz CT molecular complexity index is 846. The van der Waals surface area contributed by atoms with Gasteiger partial charge in [0.25, 0.3) is 0 Å². The molecular formula is C19H18N2O3. The van der Waals surface area contributed by atoms with Gasteiger partial charge in [0, 0.05) is 24.0 Å². The van der Waals surface area contributed by atoms with Gasteiger partial charge >= 0.3 is 5.97 Å². The van der Waals surface area contributed by atoms with Gasteiger partial charge in [-0.3, -0.25) is 4.98 Å². The molecule has 0 aliphatic heterocycles. The van der Waals surface area contributed by atoms with E-state index in [9.17, 15) is 4.79 Å². The zero-order chi connectivity index (χ0) is 17.1. The summed E-state index contributed by atoms with van der Waals surface area (Å²) >= 11 is 0. The summed E-state index contributed by atoms with van der Waals surface area (Å²) in [6, 6.07) is 9.37. The van der Waals surface area contributed by atoms with Crippen LogP contribution in [0.5, 0.6) is 0 Å². The maximum Gasteiger partial charge on any atom is 0.340 e. The molecule has 0 N–H and O–H groups in total. The van der Waals surface area contributed by atoms with Crippen molar-refractivity contribution in [1.29, 1.82) is 0 Å². The SMILES string of the molecule is Cc1cc(C)c(-c2cc(COC(=O)c3cccnc3)on2)c(C)c1. The molecule has 0 spiro atoms. The van der Waals surface area contributed by atoms with Crippen LogP contribution >= 0.6 is 0 Å². The lowest BCUT2D eigenvalue weighted by Gasteiger charge is -2.07. The van der Waals surface area contributed by atoms with Gasteiger partial charge < -0.3 is 9.26 Å². The predicted octanol–water partition coefficient (Wildman–Crippen LogP) is 4.02. The van der Waals surface area contributed by atoms with Crippen molar-refractivity contribution in [3.05, 3.63) is 70.7 Å². The van der Waals surface area contributed by atoms with Crippen molar-refractivity contribution in [2.45, 2.75) is 27.4 Å². The summed E-state index contributed by atoms with van der Waals surface area (Å²) in [7, 11) is 0. The Morgan fingerprint density at radius 3 is 2.58 bits per heavy atom. The number of aryl methyl sites for hydroxylation is 3. The van der Waals surface area contributed by atoms with E-state index >= 15 is 0 Å². The quantitative estimate of drug-likeness (QED) is 0.679. The summed E-state index contributed by atoms with van der Waals surface area (Å²) in [4.78, 5) is 15.8. The lowest BCUT2D eigenvalue weighted by atomic mass is 9.97. The number of ether oxygens (including phenoxy) is 1. The largest absolute Gasteiger partial charge is 0.454 e. The molecule has 0 atom stereocenters. The Hall–Kier alpha value is -2.95. The molecule has 0 amide bonds. The van der Waals surface area contributed by atoms with Gasteiger partial charge in [-0.05, 0) is 44.0 Å². The smallest absolute Gasteiger partial charge is 0.340 e. The highest BCUT2D eigenvalue weighted by Crippen LogP contribution is 2.28. The minimum Gasteiger partial charge on any atom is -0.454 e. The first kappa shape index (κ1) is 15.9. The molecule has 2 aromatic heterocycles. The highest BCUT2D eigenvalue weighted by Gasteiger charge is 2.14. The topological polar surface area (TPSA) is 65.2 Å². The maximum absolute atomic E-state index is 11.9. The third-order valence-corrected chi connectivity index (χ3v) is 3.73. The van der Waals surface area contributed by atoms with Crippen molar-refractivity contribution in [2.75, 3.05) is 0 Å². The van der Waals surface area contributed by atoms with Crippen LogP contribution in [0.25, 0.3) is 11.3 Å². The molecule has 2 heterocycles. The summed E-state index contributed by atoms with van der Waals surface area (Å²) in [5.41, 5.74) is 5.69. The molecular weight excluding hydrogens is 304 g/mol. The van der Waals surface area contributed by atoms with E-state index in [-0.39, 0.29) is 6.61 Å². The third kappa shape index (κ3) is 3.35. The fraction of sp³-hybridized carbons (Fsp3) is 0.211. The Labute approximate surface area is 140 Å². The van der Waals surface area contributed by atoms with E-state index in [4.69, 9.17) is 9.26 Å². The average Bonchev–Trinajstić information content (AvgIpc) is 3.01. The Kier molecular flexibility index (Phi) is 4.42. The maximum atomic E-state index is 11.9. The first-order valence-electron chi connectivity index (χ1n) is 7.65. The molecule has 5 heteroatoms. The second-order valence-corrected chi connectivity index (χ2v) is 5.77. The van der Waals surface area contributed by atoms with Crippen LogP contribution < -0.4 is 0 Å². The number of carbonyl (C=O) groups is 1. The lowest BCUT2D eigenvalue weighted by Crippen LogP contribution is -2.04. The summed E-state index contributed by atoms with van der Waals surface area (Å²) in [6.07, 6.45) is 3.07. The molecule has 0 aliphatic rings. The molecule has 1 aromatic carbocycles. The van der Waals surface area contributed by atoms with Crippen LogP contribution in [0.2, 0.25) is 0 Å². The van der Waals surface area contributed by atoms with E-state index in [1.165, 1.54) is 11.8 Å². The molecule has 3 aromatic rings. The van der Waals surface area contributed by atoms with E-state index in [0.717, 1.165) is 22.4 Å². The number of hydrogen-bond donors (Lipinski definition) is 0. The number of rotatable bonds is 4. The molecule has 0 saturated carbocycles. The van der Waals surface area contributed by atoms with Gasteiger partial charge in [-0.2, -0.15) is 0 Å². The molecule has 0 saturated heterocycles. The number of benzene rings is 1. The zero-order valence-corrected chi connectivity index (χ0v) is 13.9. The van der Waals surface area contributed by atoms with Gasteiger partial charge in [-0.1, -0.05) is 22.9 Å². The predicted molar refractivity (Wildman–Crippen MR) is 89.5 cm³/mol. The monoisotopic (exact) mass is 322 g/mol. The third-order valence-electron chi connectivity index (χ3n) is 3.73. The Balaban J connectivity index is 1.74. The van der Waals surface area contributed by atoms with E-state index in [1.54, 1.807) is 24.4 Å². The van der Waals surface area contributed by atoms with Gasteiger partial charge in [0.15, 0.2) is 12.4 Å². The standard InChI is InChI=1S/C19H18N2O3/c1-12-7-13(2)18(14(3)8-12)17-9-16(24-21-17)11-23-19(22)15-5-4-6-20-10-15/h4-10H,11H2,1-3H3. The van der Waals surface area contributed by atoms with E-state index in [1.807, 2.05) is 13.8 Å².